The van der Waals surface area contributed by atoms with Crippen LogP contribution in [0.2, 0.25) is 0 Å². The van der Waals surface area contributed by atoms with Crippen LogP contribution >= 0.6 is 0 Å². The molecule has 4 nitrogen and oxygen atoms in total. The van der Waals surface area contributed by atoms with Crippen LogP contribution in [0.5, 0.6) is 0 Å². The largest absolute Gasteiger partial charge is 0.459 e. The monoisotopic (exact) mass is 285 g/mol. The highest BCUT2D eigenvalue weighted by molar-refractivity contribution is 6.24. The minimum absolute atomic E-state index is 0.0457. The van der Waals surface area contributed by atoms with Gasteiger partial charge in [-0.05, 0) is 36.1 Å². The van der Waals surface area contributed by atoms with E-state index in [0.29, 0.717) is 16.9 Å². The van der Waals surface area contributed by atoms with E-state index in [4.69, 9.17) is 4.42 Å². The summed E-state index contributed by atoms with van der Waals surface area (Å²) in [6.45, 7) is 7.83. The quantitative estimate of drug-likeness (QED) is 0.797. The molecule has 0 N–H and O–H groups in total. The van der Waals surface area contributed by atoms with Gasteiger partial charge in [-0.2, -0.15) is 0 Å². The van der Waals surface area contributed by atoms with E-state index in [1.807, 2.05) is 27.7 Å². The first kappa shape index (κ1) is 15.2. The van der Waals surface area contributed by atoms with E-state index in [-0.39, 0.29) is 23.4 Å². The molecule has 0 unspecified atom stereocenters. The summed E-state index contributed by atoms with van der Waals surface area (Å²) in [6, 6.07) is 3.21. The summed E-state index contributed by atoms with van der Waals surface area (Å²) < 4.78 is 5.04. The van der Waals surface area contributed by atoms with E-state index in [1.165, 1.54) is 6.26 Å². The summed E-state index contributed by atoms with van der Waals surface area (Å²) in [5.74, 6) is -0.0291. The van der Waals surface area contributed by atoms with Crippen molar-refractivity contribution in [3.63, 3.8) is 0 Å². The molecule has 2 rings (SSSR count). The van der Waals surface area contributed by atoms with E-state index < -0.39 is 5.91 Å². The van der Waals surface area contributed by atoms with Gasteiger partial charge in [-0.1, -0.05) is 27.7 Å². The summed E-state index contributed by atoms with van der Waals surface area (Å²) in [5, 5.41) is 0. The van der Waals surface area contributed by atoms with Gasteiger partial charge in [0.2, 0.25) is 0 Å². The van der Waals surface area contributed by atoms with Crippen LogP contribution in [0.25, 0.3) is 0 Å². The van der Waals surface area contributed by atoms with Crippen molar-refractivity contribution in [1.29, 1.82) is 0 Å². The number of amides is 1. The molecule has 110 valence electrons. The maximum Gasteiger partial charge on any atom is 0.313 e. The van der Waals surface area contributed by atoms with Crippen LogP contribution < -0.4 is 0 Å². The smallest absolute Gasteiger partial charge is 0.313 e. The van der Waals surface area contributed by atoms with Crippen LogP contribution in [-0.2, 0) is 4.79 Å². The number of ketones is 1. The lowest BCUT2D eigenvalue weighted by molar-refractivity contribution is -0.113. The van der Waals surface area contributed by atoms with Crippen LogP contribution in [0.4, 0.5) is 0 Å². The number of aliphatic imine (C=N–C) groups is 1. The van der Waals surface area contributed by atoms with Crippen molar-refractivity contribution in [2.45, 2.75) is 27.7 Å². The summed E-state index contributed by atoms with van der Waals surface area (Å²) in [7, 11) is 0. The zero-order chi connectivity index (χ0) is 15.6. The van der Waals surface area contributed by atoms with Crippen molar-refractivity contribution in [1.82, 2.24) is 0 Å². The number of carbonyl (C=O) groups is 2. The van der Waals surface area contributed by atoms with Gasteiger partial charge < -0.3 is 4.42 Å². The van der Waals surface area contributed by atoms with E-state index in [2.05, 4.69) is 4.99 Å². The lowest BCUT2D eigenvalue weighted by atomic mass is 9.84. The molecule has 0 saturated carbocycles. The van der Waals surface area contributed by atoms with Crippen molar-refractivity contribution < 1.29 is 14.0 Å². The van der Waals surface area contributed by atoms with Gasteiger partial charge in [0.15, 0.2) is 11.5 Å². The van der Waals surface area contributed by atoms with Crippen molar-refractivity contribution in [3.8, 4) is 0 Å². The highest BCUT2D eigenvalue weighted by Crippen LogP contribution is 2.25. The highest BCUT2D eigenvalue weighted by Gasteiger charge is 2.25. The van der Waals surface area contributed by atoms with Gasteiger partial charge >= 0.3 is 5.91 Å². The SMILES string of the molecule is CC(C)C1=CC(=NC(=O)c2ccco2)C=C(C(C)C)C1=O. The Bertz CT molecular complexity index is 614. The lowest BCUT2D eigenvalue weighted by Gasteiger charge is -2.19. The molecule has 1 amide bonds. The van der Waals surface area contributed by atoms with Gasteiger partial charge in [0.1, 0.15) is 0 Å². The summed E-state index contributed by atoms with van der Waals surface area (Å²) >= 11 is 0. The fourth-order valence-corrected chi connectivity index (χ4v) is 2.15. The van der Waals surface area contributed by atoms with Crippen molar-refractivity contribution in [2.24, 2.45) is 16.8 Å². The van der Waals surface area contributed by atoms with E-state index in [1.54, 1.807) is 24.3 Å². The molecule has 0 radical (unpaired) electrons. The van der Waals surface area contributed by atoms with Crippen LogP contribution in [0, 0.1) is 11.8 Å². The first-order valence-corrected chi connectivity index (χ1v) is 7.04. The molecule has 1 aliphatic carbocycles. The topological polar surface area (TPSA) is 59.6 Å². The maximum absolute atomic E-state index is 12.4. The summed E-state index contributed by atoms with van der Waals surface area (Å²) in [6.07, 6.45) is 4.82. The van der Waals surface area contributed by atoms with E-state index in [9.17, 15) is 9.59 Å². The van der Waals surface area contributed by atoms with Crippen molar-refractivity contribution in [3.05, 3.63) is 47.5 Å². The first-order chi connectivity index (χ1) is 9.90. The number of carbonyl (C=O) groups excluding carboxylic acids is 2. The van der Waals surface area contributed by atoms with Gasteiger partial charge in [0.25, 0.3) is 0 Å². The molecule has 0 saturated heterocycles. The second-order valence-electron chi connectivity index (χ2n) is 5.66. The molecular formula is C17H19NO3. The van der Waals surface area contributed by atoms with Gasteiger partial charge in [-0.25, -0.2) is 4.99 Å². The van der Waals surface area contributed by atoms with Crippen LogP contribution in [0.15, 0.2) is 51.1 Å². The Morgan fingerprint density at radius 3 is 2.10 bits per heavy atom. The lowest BCUT2D eigenvalue weighted by Crippen LogP contribution is -2.21. The molecule has 0 atom stereocenters. The summed E-state index contributed by atoms with van der Waals surface area (Å²) in [4.78, 5) is 28.4. The molecule has 1 heterocycles. The molecule has 1 aliphatic rings. The summed E-state index contributed by atoms with van der Waals surface area (Å²) in [5.41, 5.74) is 1.88. The highest BCUT2D eigenvalue weighted by atomic mass is 16.3. The normalized spacial score (nSPS) is 15.3. The number of nitrogens with zero attached hydrogens (tertiary/aromatic N) is 1. The third-order valence-corrected chi connectivity index (χ3v) is 3.34. The molecule has 1 aromatic heterocycles. The fourth-order valence-electron chi connectivity index (χ4n) is 2.15. The first-order valence-electron chi connectivity index (χ1n) is 7.04. The maximum atomic E-state index is 12.4. The predicted octanol–water partition coefficient (Wildman–Crippen LogP) is 3.61. The molecule has 21 heavy (non-hydrogen) atoms. The zero-order valence-corrected chi connectivity index (χ0v) is 12.7. The molecule has 0 bridgehead atoms. The Hall–Kier alpha value is -2.23. The molecule has 4 heteroatoms. The standard InChI is InChI=1S/C17H19NO3/c1-10(2)13-8-12(9-14(11(3)4)16(13)19)18-17(20)15-6-5-7-21-15/h5-11H,1-4H3. The average Bonchev–Trinajstić information content (AvgIpc) is 2.93. The predicted molar refractivity (Wildman–Crippen MR) is 81.3 cm³/mol. The second-order valence-corrected chi connectivity index (χ2v) is 5.66. The molecule has 0 aromatic carbocycles. The van der Waals surface area contributed by atoms with Crippen molar-refractivity contribution in [2.75, 3.05) is 0 Å². The van der Waals surface area contributed by atoms with Crippen LogP contribution in [-0.4, -0.2) is 17.4 Å². The third kappa shape index (κ3) is 3.27. The number of Topliss-reactive ketones (excluding diaryl/α,β-unsaturated/α-hetero) is 1. The molecule has 0 spiro atoms. The van der Waals surface area contributed by atoms with Gasteiger partial charge in [0, 0.05) is 11.1 Å². The Labute approximate surface area is 124 Å². The third-order valence-electron chi connectivity index (χ3n) is 3.34. The Morgan fingerprint density at radius 2 is 1.67 bits per heavy atom. The van der Waals surface area contributed by atoms with Gasteiger partial charge in [0.05, 0.1) is 12.0 Å². The number of hydrogen-bond donors (Lipinski definition) is 0. The van der Waals surface area contributed by atoms with Gasteiger partial charge in [-0.3, -0.25) is 9.59 Å². The Balaban J connectivity index is 2.41. The number of furan rings is 1. The number of rotatable bonds is 3. The van der Waals surface area contributed by atoms with Crippen molar-refractivity contribution >= 4 is 17.4 Å². The van der Waals surface area contributed by atoms with Gasteiger partial charge in [-0.15, -0.1) is 0 Å². The van der Waals surface area contributed by atoms with Crippen LogP contribution in [0.3, 0.4) is 0 Å². The average molecular weight is 285 g/mol. The Kier molecular flexibility index (Phi) is 4.36. The molecule has 0 fully saturated rings. The minimum Gasteiger partial charge on any atom is -0.459 e. The van der Waals surface area contributed by atoms with Crippen LogP contribution in [0.1, 0.15) is 38.2 Å². The number of allylic oxidation sites excluding steroid dienone is 4. The molecule has 1 aromatic rings. The number of hydrogen-bond acceptors (Lipinski definition) is 3. The Morgan fingerprint density at radius 1 is 1.10 bits per heavy atom. The van der Waals surface area contributed by atoms with E-state index >= 15 is 0 Å². The zero-order valence-electron chi connectivity index (χ0n) is 12.7. The molecular weight excluding hydrogens is 266 g/mol. The minimum atomic E-state index is -0.442. The fraction of sp³-hybridized carbons (Fsp3) is 0.353. The second kappa shape index (κ2) is 6.04. The van der Waals surface area contributed by atoms with E-state index in [0.717, 1.165) is 0 Å². The molecule has 0 aliphatic heterocycles.